The lowest BCUT2D eigenvalue weighted by molar-refractivity contribution is 0.789. The highest BCUT2D eigenvalue weighted by Gasteiger charge is 2.10. The van der Waals surface area contributed by atoms with Crippen LogP contribution in [0.5, 0.6) is 0 Å². The Morgan fingerprint density at radius 1 is 1.07 bits per heavy atom. The highest BCUT2D eigenvalue weighted by Crippen LogP contribution is 2.14. The van der Waals surface area contributed by atoms with Gasteiger partial charge in [-0.05, 0) is 31.2 Å². The van der Waals surface area contributed by atoms with Gasteiger partial charge in [0.2, 0.25) is 0 Å². The molecule has 0 fully saturated rings. The van der Waals surface area contributed by atoms with E-state index in [9.17, 15) is 0 Å². The third-order valence-electron chi connectivity index (χ3n) is 2.23. The van der Waals surface area contributed by atoms with E-state index in [1.54, 1.807) is 6.20 Å². The van der Waals surface area contributed by atoms with Gasteiger partial charge in [0, 0.05) is 11.9 Å². The highest BCUT2D eigenvalue weighted by molar-refractivity contribution is 5.22. The highest BCUT2D eigenvalue weighted by atomic mass is 14.8. The van der Waals surface area contributed by atoms with Crippen molar-refractivity contribution in [3.63, 3.8) is 0 Å². The smallest absolute Gasteiger partial charge is 0.0900 e. The molecule has 15 heavy (non-hydrogen) atoms. The molecular weight excluding hydrogens is 186 g/mol. The zero-order valence-electron chi connectivity index (χ0n) is 8.59. The summed E-state index contributed by atoms with van der Waals surface area (Å²) in [4.78, 5) is 8.60. The normalized spacial score (nSPS) is 12.4. The molecule has 0 aliphatic rings. The Bertz CT molecular complexity index is 440. The average Bonchev–Trinajstić information content (AvgIpc) is 2.29. The van der Waals surface area contributed by atoms with Crippen LogP contribution in [0.2, 0.25) is 0 Å². The first-order chi connectivity index (χ1) is 7.27. The van der Waals surface area contributed by atoms with Crippen LogP contribution in [0.3, 0.4) is 0 Å². The minimum absolute atomic E-state index is 0.244. The van der Waals surface area contributed by atoms with Gasteiger partial charge in [-0.15, -0.1) is 0 Å². The summed E-state index contributed by atoms with van der Waals surface area (Å²) in [5, 5.41) is 0. The molecule has 0 aliphatic heterocycles. The third-order valence-corrected chi connectivity index (χ3v) is 2.23. The van der Waals surface area contributed by atoms with E-state index in [0.29, 0.717) is 0 Å². The van der Waals surface area contributed by atoms with Gasteiger partial charge in [-0.25, -0.2) is 0 Å². The van der Waals surface area contributed by atoms with Crippen LogP contribution >= 0.6 is 0 Å². The summed E-state index contributed by atoms with van der Waals surface area (Å²) < 4.78 is 0. The van der Waals surface area contributed by atoms with Gasteiger partial charge >= 0.3 is 0 Å². The van der Waals surface area contributed by atoms with Crippen LogP contribution in [0.25, 0.3) is 0 Å². The molecule has 2 aromatic heterocycles. The minimum atomic E-state index is -0.244. The lowest BCUT2D eigenvalue weighted by Gasteiger charge is -2.10. The summed E-state index contributed by atoms with van der Waals surface area (Å²) in [5.41, 5.74) is 8.73. The topological polar surface area (TPSA) is 51.8 Å². The van der Waals surface area contributed by atoms with Crippen LogP contribution in [0.4, 0.5) is 0 Å². The number of rotatable bonds is 2. The van der Waals surface area contributed by atoms with E-state index in [-0.39, 0.29) is 6.04 Å². The predicted molar refractivity (Wildman–Crippen MR) is 59.2 cm³/mol. The van der Waals surface area contributed by atoms with Gasteiger partial charge in [0.15, 0.2) is 0 Å². The van der Waals surface area contributed by atoms with Gasteiger partial charge in [-0.3, -0.25) is 9.97 Å². The fraction of sp³-hybridized carbons (Fsp3) is 0.167. The van der Waals surface area contributed by atoms with Crippen molar-refractivity contribution in [1.82, 2.24) is 9.97 Å². The average molecular weight is 199 g/mol. The van der Waals surface area contributed by atoms with E-state index in [2.05, 4.69) is 9.97 Å². The Morgan fingerprint density at radius 2 is 1.87 bits per heavy atom. The molecule has 0 aromatic carbocycles. The van der Waals surface area contributed by atoms with Gasteiger partial charge < -0.3 is 5.73 Å². The lowest BCUT2D eigenvalue weighted by Crippen LogP contribution is -2.15. The number of pyridine rings is 2. The molecule has 0 radical (unpaired) electrons. The van der Waals surface area contributed by atoms with E-state index < -0.39 is 0 Å². The molecule has 2 heterocycles. The van der Waals surface area contributed by atoms with Crippen LogP contribution in [-0.4, -0.2) is 9.97 Å². The van der Waals surface area contributed by atoms with Gasteiger partial charge in [0.25, 0.3) is 0 Å². The number of hydrogen-bond acceptors (Lipinski definition) is 3. The minimum Gasteiger partial charge on any atom is -0.318 e. The summed E-state index contributed by atoms with van der Waals surface area (Å²) in [6.07, 6.45) is 1.74. The van der Waals surface area contributed by atoms with Crippen LogP contribution < -0.4 is 5.73 Å². The molecule has 0 saturated carbocycles. The number of aromatic nitrogens is 2. The standard InChI is InChI=1S/C12H13N3/c1-9-5-4-7-11(15-9)12(13)10-6-2-3-8-14-10/h2-8,12H,13H2,1H3. The van der Waals surface area contributed by atoms with Crippen molar-refractivity contribution in [3.8, 4) is 0 Å². The second-order valence-corrected chi connectivity index (χ2v) is 3.44. The summed E-state index contributed by atoms with van der Waals surface area (Å²) >= 11 is 0. The third kappa shape index (κ3) is 2.19. The first-order valence-corrected chi connectivity index (χ1v) is 4.87. The van der Waals surface area contributed by atoms with Crippen molar-refractivity contribution in [1.29, 1.82) is 0 Å². The molecule has 0 spiro atoms. The van der Waals surface area contributed by atoms with Crippen molar-refractivity contribution in [2.45, 2.75) is 13.0 Å². The maximum atomic E-state index is 6.06. The quantitative estimate of drug-likeness (QED) is 0.802. The van der Waals surface area contributed by atoms with Gasteiger partial charge in [0.1, 0.15) is 0 Å². The summed E-state index contributed by atoms with van der Waals surface area (Å²) in [6.45, 7) is 1.95. The first-order valence-electron chi connectivity index (χ1n) is 4.87. The number of nitrogens with two attached hydrogens (primary N) is 1. The van der Waals surface area contributed by atoms with Crippen LogP contribution in [-0.2, 0) is 0 Å². The molecule has 0 aliphatic carbocycles. The van der Waals surface area contributed by atoms with Crippen molar-refractivity contribution in [2.75, 3.05) is 0 Å². The second-order valence-electron chi connectivity index (χ2n) is 3.44. The molecule has 0 bridgehead atoms. The number of aryl methyl sites for hydroxylation is 1. The summed E-state index contributed by atoms with van der Waals surface area (Å²) in [7, 11) is 0. The second kappa shape index (κ2) is 4.19. The Balaban J connectivity index is 2.32. The van der Waals surface area contributed by atoms with E-state index in [1.807, 2.05) is 43.3 Å². The SMILES string of the molecule is Cc1cccc(C(N)c2ccccn2)n1. The molecule has 3 nitrogen and oxygen atoms in total. The molecule has 1 atom stereocenters. The Labute approximate surface area is 89.0 Å². The van der Waals surface area contributed by atoms with Crippen molar-refractivity contribution in [3.05, 3.63) is 59.7 Å². The van der Waals surface area contributed by atoms with E-state index in [4.69, 9.17) is 5.73 Å². The van der Waals surface area contributed by atoms with Gasteiger partial charge in [0.05, 0.1) is 17.4 Å². The predicted octanol–water partition coefficient (Wildman–Crippen LogP) is 1.83. The van der Waals surface area contributed by atoms with Crippen LogP contribution in [0.1, 0.15) is 23.1 Å². The first kappa shape index (κ1) is 9.80. The van der Waals surface area contributed by atoms with Gasteiger partial charge in [-0.1, -0.05) is 12.1 Å². The number of hydrogen-bond donors (Lipinski definition) is 1. The Kier molecular flexibility index (Phi) is 2.74. The van der Waals surface area contributed by atoms with E-state index in [1.165, 1.54) is 0 Å². The van der Waals surface area contributed by atoms with Crippen molar-refractivity contribution in [2.24, 2.45) is 5.73 Å². The van der Waals surface area contributed by atoms with Crippen LogP contribution in [0, 0.1) is 6.92 Å². The summed E-state index contributed by atoms with van der Waals surface area (Å²) in [5.74, 6) is 0. The molecule has 3 heteroatoms. The largest absolute Gasteiger partial charge is 0.318 e. The maximum absolute atomic E-state index is 6.06. The molecule has 2 N–H and O–H groups in total. The van der Waals surface area contributed by atoms with Crippen molar-refractivity contribution >= 4 is 0 Å². The van der Waals surface area contributed by atoms with Crippen molar-refractivity contribution < 1.29 is 0 Å². The lowest BCUT2D eigenvalue weighted by atomic mass is 10.1. The molecule has 2 rings (SSSR count). The zero-order valence-corrected chi connectivity index (χ0v) is 8.59. The molecule has 0 saturated heterocycles. The fourth-order valence-corrected chi connectivity index (χ4v) is 1.45. The monoisotopic (exact) mass is 199 g/mol. The number of nitrogens with zero attached hydrogens (tertiary/aromatic N) is 2. The molecular formula is C12H13N3. The van der Waals surface area contributed by atoms with Gasteiger partial charge in [-0.2, -0.15) is 0 Å². The molecule has 76 valence electrons. The van der Waals surface area contributed by atoms with Crippen LogP contribution in [0.15, 0.2) is 42.6 Å². The molecule has 1 unspecified atom stereocenters. The Hall–Kier alpha value is -1.74. The van der Waals surface area contributed by atoms with E-state index in [0.717, 1.165) is 17.1 Å². The zero-order chi connectivity index (χ0) is 10.7. The summed E-state index contributed by atoms with van der Waals surface area (Å²) in [6, 6.07) is 11.3. The fourth-order valence-electron chi connectivity index (χ4n) is 1.45. The Morgan fingerprint density at radius 3 is 2.53 bits per heavy atom. The van der Waals surface area contributed by atoms with E-state index >= 15 is 0 Å². The molecule has 2 aromatic rings. The maximum Gasteiger partial charge on any atom is 0.0900 e. The molecule has 0 amide bonds.